The van der Waals surface area contributed by atoms with Crippen molar-refractivity contribution in [3.63, 3.8) is 0 Å². The minimum absolute atomic E-state index is 0.0441. The maximum Gasteiger partial charge on any atom is 0.284 e. The summed E-state index contributed by atoms with van der Waals surface area (Å²) in [4.78, 5) is -0.0441. The van der Waals surface area contributed by atoms with Crippen molar-refractivity contribution in [3.8, 4) is 5.75 Å². The van der Waals surface area contributed by atoms with Crippen LogP contribution < -0.4 is 10.5 Å². The van der Waals surface area contributed by atoms with Crippen molar-refractivity contribution in [3.05, 3.63) is 39.9 Å². The number of rotatable bonds is 3. The van der Waals surface area contributed by atoms with Crippen LogP contribution in [0.4, 0.5) is 0 Å². The molecule has 1 heterocycles. The number of benzene rings is 1. The molecule has 0 amide bonds. The first-order chi connectivity index (χ1) is 8.00. The molecule has 0 unspecified atom stereocenters. The SMILES string of the molecule is NC1=C(COc2ccccc2Cl)S(=O)(=O)N=C1. The smallest absolute Gasteiger partial charge is 0.284 e. The number of allylic oxidation sites excluding steroid dienone is 1. The molecule has 90 valence electrons. The van der Waals surface area contributed by atoms with Crippen LogP contribution in [0, 0.1) is 0 Å². The third-order valence-corrected chi connectivity index (χ3v) is 3.83. The third-order valence-electron chi connectivity index (χ3n) is 2.16. The summed E-state index contributed by atoms with van der Waals surface area (Å²) >= 11 is 5.86. The normalized spacial score (nSPS) is 17.5. The minimum atomic E-state index is -3.66. The molecule has 0 fully saturated rings. The highest BCUT2D eigenvalue weighted by Gasteiger charge is 2.25. The molecule has 0 saturated heterocycles. The number of sulfonamides is 1. The molecule has 17 heavy (non-hydrogen) atoms. The van der Waals surface area contributed by atoms with Crippen LogP contribution in [0.25, 0.3) is 0 Å². The number of nitrogens with zero attached hydrogens (tertiary/aromatic N) is 1. The number of nitrogens with two attached hydrogens (primary N) is 1. The lowest BCUT2D eigenvalue weighted by atomic mass is 10.3. The van der Waals surface area contributed by atoms with Crippen LogP contribution in [0.1, 0.15) is 0 Å². The zero-order chi connectivity index (χ0) is 12.5. The van der Waals surface area contributed by atoms with Crippen LogP contribution in [0.5, 0.6) is 5.75 Å². The predicted molar refractivity (Wildman–Crippen MR) is 65.6 cm³/mol. The Morgan fingerprint density at radius 2 is 2.06 bits per heavy atom. The molecule has 2 N–H and O–H groups in total. The molecule has 1 aliphatic heterocycles. The first-order valence-electron chi connectivity index (χ1n) is 4.67. The molecule has 2 rings (SSSR count). The van der Waals surface area contributed by atoms with Gasteiger partial charge in [-0.1, -0.05) is 23.7 Å². The maximum atomic E-state index is 11.4. The Bertz CT molecular complexity index is 608. The van der Waals surface area contributed by atoms with Gasteiger partial charge in [0.05, 0.1) is 16.9 Å². The van der Waals surface area contributed by atoms with E-state index in [1.807, 2.05) is 0 Å². The molecule has 0 saturated carbocycles. The Morgan fingerprint density at radius 3 is 2.65 bits per heavy atom. The van der Waals surface area contributed by atoms with Gasteiger partial charge < -0.3 is 10.5 Å². The predicted octanol–water partition coefficient (Wildman–Crippen LogP) is 1.30. The summed E-state index contributed by atoms with van der Waals surface area (Å²) in [5.74, 6) is 0.400. The molecule has 0 atom stereocenters. The molecule has 0 radical (unpaired) electrons. The minimum Gasteiger partial charge on any atom is -0.486 e. The van der Waals surface area contributed by atoms with Gasteiger partial charge in [0.2, 0.25) is 0 Å². The number of hydrogen-bond acceptors (Lipinski definition) is 4. The van der Waals surface area contributed by atoms with Gasteiger partial charge in [0.25, 0.3) is 10.0 Å². The standard InChI is InChI=1S/C10H9ClN2O3S/c11-7-3-1-2-4-9(7)16-6-10-8(12)5-13-17(10,14)15/h1-5H,6,12H2. The van der Waals surface area contributed by atoms with Crippen molar-refractivity contribution in [2.24, 2.45) is 10.1 Å². The van der Waals surface area contributed by atoms with E-state index in [1.54, 1.807) is 24.3 Å². The van der Waals surface area contributed by atoms with Crippen molar-refractivity contribution in [2.45, 2.75) is 0 Å². The largest absolute Gasteiger partial charge is 0.486 e. The average molecular weight is 273 g/mol. The fourth-order valence-corrected chi connectivity index (χ4v) is 2.40. The number of ether oxygens (including phenoxy) is 1. The summed E-state index contributed by atoms with van der Waals surface area (Å²) in [5.41, 5.74) is 5.59. The zero-order valence-electron chi connectivity index (χ0n) is 8.63. The summed E-state index contributed by atoms with van der Waals surface area (Å²) in [7, 11) is -3.66. The second kappa shape index (κ2) is 4.38. The molecule has 7 heteroatoms. The summed E-state index contributed by atoms with van der Waals surface area (Å²) in [5, 5.41) is 0.406. The van der Waals surface area contributed by atoms with Gasteiger partial charge in [-0.05, 0) is 12.1 Å². The molecule has 1 aromatic carbocycles. The number of hydrogen-bond donors (Lipinski definition) is 1. The fraction of sp³-hybridized carbons (Fsp3) is 0.100. The van der Waals surface area contributed by atoms with Crippen molar-refractivity contribution in [1.82, 2.24) is 0 Å². The third kappa shape index (κ3) is 2.42. The Hall–Kier alpha value is -1.53. The van der Waals surface area contributed by atoms with E-state index in [4.69, 9.17) is 22.1 Å². The van der Waals surface area contributed by atoms with Gasteiger partial charge in [-0.3, -0.25) is 0 Å². The number of halogens is 1. The molecular formula is C10H9ClN2O3S. The van der Waals surface area contributed by atoms with Crippen LogP contribution in [-0.2, 0) is 10.0 Å². The van der Waals surface area contributed by atoms with Gasteiger partial charge in [-0.15, -0.1) is 0 Å². The quantitative estimate of drug-likeness (QED) is 0.899. The van der Waals surface area contributed by atoms with Gasteiger partial charge >= 0.3 is 0 Å². The first kappa shape index (κ1) is 11.9. The zero-order valence-corrected chi connectivity index (χ0v) is 10.2. The summed E-state index contributed by atoms with van der Waals surface area (Å²) in [6.07, 6.45) is 1.10. The van der Waals surface area contributed by atoms with Crippen LogP contribution >= 0.6 is 11.6 Å². The van der Waals surface area contributed by atoms with Gasteiger partial charge in [0.15, 0.2) is 0 Å². The van der Waals surface area contributed by atoms with E-state index in [1.165, 1.54) is 0 Å². The van der Waals surface area contributed by atoms with Crippen LogP contribution in [0.15, 0.2) is 39.3 Å². The number of para-hydroxylation sites is 1. The Kier molecular flexibility index (Phi) is 3.08. The van der Waals surface area contributed by atoms with Gasteiger partial charge in [0.1, 0.15) is 17.3 Å². The Morgan fingerprint density at radius 1 is 1.35 bits per heavy atom. The van der Waals surface area contributed by atoms with Gasteiger partial charge in [-0.25, -0.2) is 0 Å². The summed E-state index contributed by atoms with van der Waals surface area (Å²) in [6, 6.07) is 6.77. The van der Waals surface area contributed by atoms with E-state index in [0.29, 0.717) is 10.8 Å². The summed E-state index contributed by atoms with van der Waals surface area (Å²) < 4.78 is 31.5. The average Bonchev–Trinajstić information content (AvgIpc) is 2.53. The molecular weight excluding hydrogens is 264 g/mol. The fourth-order valence-electron chi connectivity index (χ4n) is 1.27. The van der Waals surface area contributed by atoms with Crippen molar-refractivity contribution < 1.29 is 13.2 Å². The van der Waals surface area contributed by atoms with E-state index in [2.05, 4.69) is 4.40 Å². The van der Waals surface area contributed by atoms with E-state index in [9.17, 15) is 8.42 Å². The lowest BCUT2D eigenvalue weighted by Gasteiger charge is -2.08. The molecule has 1 aromatic rings. The molecule has 0 bridgehead atoms. The van der Waals surface area contributed by atoms with Crippen molar-refractivity contribution in [2.75, 3.05) is 6.61 Å². The molecule has 0 aliphatic carbocycles. The second-order valence-electron chi connectivity index (χ2n) is 3.31. The summed E-state index contributed by atoms with van der Waals surface area (Å²) in [6.45, 7) is -0.183. The topological polar surface area (TPSA) is 81.8 Å². The van der Waals surface area contributed by atoms with E-state index in [-0.39, 0.29) is 17.2 Å². The second-order valence-corrected chi connectivity index (χ2v) is 5.37. The van der Waals surface area contributed by atoms with E-state index in [0.717, 1.165) is 6.21 Å². The molecule has 5 nitrogen and oxygen atoms in total. The van der Waals surface area contributed by atoms with Gasteiger partial charge in [-0.2, -0.15) is 12.8 Å². The van der Waals surface area contributed by atoms with E-state index >= 15 is 0 Å². The molecule has 0 spiro atoms. The highest BCUT2D eigenvalue weighted by Crippen LogP contribution is 2.25. The van der Waals surface area contributed by atoms with Crippen molar-refractivity contribution in [1.29, 1.82) is 0 Å². The monoisotopic (exact) mass is 272 g/mol. The lowest BCUT2D eigenvalue weighted by molar-refractivity contribution is 0.357. The Balaban J connectivity index is 2.16. The molecule has 1 aliphatic rings. The van der Waals surface area contributed by atoms with E-state index < -0.39 is 10.0 Å². The van der Waals surface area contributed by atoms with Crippen LogP contribution in [-0.4, -0.2) is 21.2 Å². The van der Waals surface area contributed by atoms with Crippen molar-refractivity contribution >= 4 is 27.8 Å². The first-order valence-corrected chi connectivity index (χ1v) is 6.49. The highest BCUT2D eigenvalue weighted by molar-refractivity contribution is 7.94. The van der Waals surface area contributed by atoms with Crippen LogP contribution in [0.2, 0.25) is 5.02 Å². The van der Waals surface area contributed by atoms with Crippen LogP contribution in [0.3, 0.4) is 0 Å². The lowest BCUT2D eigenvalue weighted by Crippen LogP contribution is -2.12. The molecule has 0 aromatic heterocycles. The van der Waals surface area contributed by atoms with Gasteiger partial charge in [0, 0.05) is 0 Å². The highest BCUT2D eigenvalue weighted by atomic mass is 35.5. The Labute approximate surface area is 104 Å². The maximum absolute atomic E-state index is 11.4.